The van der Waals surface area contributed by atoms with Crippen LogP contribution in [0.5, 0.6) is 5.75 Å². The topological polar surface area (TPSA) is 79.7 Å². The van der Waals surface area contributed by atoms with Crippen molar-refractivity contribution in [2.75, 3.05) is 6.54 Å². The summed E-state index contributed by atoms with van der Waals surface area (Å²) in [5, 5.41) is 11.6. The first-order valence-electron chi connectivity index (χ1n) is 8.22. The molecule has 3 rings (SSSR count). The van der Waals surface area contributed by atoms with E-state index in [1.54, 1.807) is 5.38 Å². The molecule has 6 nitrogen and oxygen atoms in total. The lowest BCUT2D eigenvalue weighted by atomic mass is 10.2. The van der Waals surface area contributed by atoms with Crippen LogP contribution in [0, 0.1) is 0 Å². The van der Waals surface area contributed by atoms with E-state index in [9.17, 15) is 14.7 Å². The molecular formula is C18H20N2O4S. The summed E-state index contributed by atoms with van der Waals surface area (Å²) in [4.78, 5) is 29.6. The van der Waals surface area contributed by atoms with Crippen molar-refractivity contribution in [1.82, 2.24) is 9.88 Å². The summed E-state index contributed by atoms with van der Waals surface area (Å²) < 4.78 is 5.62. The average Bonchev–Trinajstić information content (AvgIpc) is 3.24. The van der Waals surface area contributed by atoms with Gasteiger partial charge in [0.1, 0.15) is 22.5 Å². The zero-order valence-electron chi connectivity index (χ0n) is 14.1. The number of aromatic nitrogens is 1. The Kier molecular flexibility index (Phi) is 5.03. The minimum atomic E-state index is -0.956. The fraction of sp³-hybridized carbons (Fsp3) is 0.389. The number of amides is 1. The van der Waals surface area contributed by atoms with E-state index in [0.717, 1.165) is 16.3 Å². The summed E-state index contributed by atoms with van der Waals surface area (Å²) in [7, 11) is 0. The molecule has 1 atom stereocenters. The summed E-state index contributed by atoms with van der Waals surface area (Å²) in [6, 6.07) is 6.81. The molecule has 0 bridgehead atoms. The lowest BCUT2D eigenvalue weighted by Crippen LogP contribution is -2.40. The third-order valence-corrected chi connectivity index (χ3v) is 4.89. The fourth-order valence-electron chi connectivity index (χ4n) is 2.87. The summed E-state index contributed by atoms with van der Waals surface area (Å²) in [5.74, 6) is -0.484. The van der Waals surface area contributed by atoms with E-state index in [-0.39, 0.29) is 12.0 Å². The fourth-order valence-corrected chi connectivity index (χ4v) is 3.67. The number of hydrogen-bond acceptors (Lipinski definition) is 5. The number of benzene rings is 1. The molecule has 1 saturated heterocycles. The molecule has 2 aromatic rings. The lowest BCUT2D eigenvalue weighted by molar-refractivity contribution is -0.141. The zero-order valence-corrected chi connectivity index (χ0v) is 15.0. The molecule has 0 aliphatic carbocycles. The van der Waals surface area contributed by atoms with Gasteiger partial charge in [-0.2, -0.15) is 0 Å². The van der Waals surface area contributed by atoms with Crippen LogP contribution >= 0.6 is 11.3 Å². The van der Waals surface area contributed by atoms with Crippen molar-refractivity contribution in [3.8, 4) is 16.3 Å². The predicted molar refractivity (Wildman–Crippen MR) is 95.0 cm³/mol. The molecule has 1 aliphatic rings. The van der Waals surface area contributed by atoms with Gasteiger partial charge in [0.25, 0.3) is 5.91 Å². The van der Waals surface area contributed by atoms with Crippen LogP contribution in [-0.2, 0) is 4.79 Å². The summed E-state index contributed by atoms with van der Waals surface area (Å²) >= 11 is 1.37. The van der Waals surface area contributed by atoms with Crippen LogP contribution in [0.2, 0.25) is 0 Å². The molecule has 1 aromatic carbocycles. The first kappa shape index (κ1) is 17.4. The van der Waals surface area contributed by atoms with Gasteiger partial charge in [0.15, 0.2) is 0 Å². The summed E-state index contributed by atoms with van der Waals surface area (Å²) in [5.41, 5.74) is 1.20. The van der Waals surface area contributed by atoms with Gasteiger partial charge in [0, 0.05) is 17.5 Å². The largest absolute Gasteiger partial charge is 0.491 e. The third-order valence-electron chi connectivity index (χ3n) is 4.00. The van der Waals surface area contributed by atoms with E-state index in [4.69, 9.17) is 4.74 Å². The van der Waals surface area contributed by atoms with Gasteiger partial charge in [0.2, 0.25) is 0 Å². The van der Waals surface area contributed by atoms with E-state index in [1.165, 1.54) is 16.2 Å². The monoisotopic (exact) mass is 360 g/mol. The molecule has 1 N–H and O–H groups in total. The Morgan fingerprint density at radius 3 is 2.68 bits per heavy atom. The number of ether oxygens (including phenoxy) is 1. The summed E-state index contributed by atoms with van der Waals surface area (Å²) in [6.07, 6.45) is 1.31. The van der Waals surface area contributed by atoms with Crippen molar-refractivity contribution < 1.29 is 19.4 Å². The molecule has 2 heterocycles. The first-order valence-corrected chi connectivity index (χ1v) is 9.10. The Bertz CT molecular complexity index is 770. The smallest absolute Gasteiger partial charge is 0.326 e. The minimum absolute atomic E-state index is 0.109. The molecule has 1 aliphatic heterocycles. The molecule has 0 radical (unpaired) electrons. The number of likely N-dealkylation sites (tertiary alicyclic amines) is 1. The van der Waals surface area contributed by atoms with E-state index in [0.29, 0.717) is 25.1 Å². The number of rotatable bonds is 5. The molecule has 0 spiro atoms. The van der Waals surface area contributed by atoms with Crippen LogP contribution in [0.3, 0.4) is 0 Å². The molecule has 1 aromatic heterocycles. The normalized spacial score (nSPS) is 17.1. The highest BCUT2D eigenvalue weighted by molar-refractivity contribution is 7.13. The molecule has 25 heavy (non-hydrogen) atoms. The highest BCUT2D eigenvalue weighted by Gasteiger charge is 2.35. The second kappa shape index (κ2) is 7.23. The van der Waals surface area contributed by atoms with E-state index >= 15 is 0 Å². The molecular weight excluding hydrogens is 340 g/mol. The number of carbonyl (C=O) groups is 2. The van der Waals surface area contributed by atoms with E-state index in [2.05, 4.69) is 4.98 Å². The Hall–Kier alpha value is -2.41. The molecule has 0 saturated carbocycles. The highest BCUT2D eigenvalue weighted by atomic mass is 32.1. The van der Waals surface area contributed by atoms with Crippen LogP contribution in [0.25, 0.3) is 10.6 Å². The third kappa shape index (κ3) is 3.82. The maximum absolute atomic E-state index is 12.6. The SMILES string of the molecule is CC(C)Oc1ccc(-c2nc(C(=O)N3CCC[C@@H]3C(=O)O)cs2)cc1. The predicted octanol–water partition coefficient (Wildman–Crippen LogP) is 3.29. The Labute approximate surface area is 150 Å². The number of aliphatic carboxylic acids is 1. The lowest BCUT2D eigenvalue weighted by Gasteiger charge is -2.20. The number of carbonyl (C=O) groups excluding carboxylic acids is 1. The van der Waals surface area contributed by atoms with Crippen LogP contribution in [0.15, 0.2) is 29.6 Å². The van der Waals surface area contributed by atoms with E-state index < -0.39 is 12.0 Å². The van der Waals surface area contributed by atoms with Crippen molar-refractivity contribution in [3.05, 3.63) is 35.3 Å². The first-order chi connectivity index (χ1) is 12.0. The van der Waals surface area contributed by atoms with E-state index in [1.807, 2.05) is 38.1 Å². The molecule has 1 fully saturated rings. The molecule has 7 heteroatoms. The van der Waals surface area contributed by atoms with Crippen molar-refractivity contribution in [2.24, 2.45) is 0 Å². The van der Waals surface area contributed by atoms with Crippen molar-refractivity contribution >= 4 is 23.2 Å². The van der Waals surface area contributed by atoms with Gasteiger partial charge in [-0.3, -0.25) is 4.79 Å². The Morgan fingerprint density at radius 1 is 1.32 bits per heavy atom. The molecule has 0 unspecified atom stereocenters. The molecule has 132 valence electrons. The second-order valence-corrected chi connectivity index (χ2v) is 7.08. The van der Waals surface area contributed by atoms with Gasteiger partial charge in [0.05, 0.1) is 6.10 Å². The van der Waals surface area contributed by atoms with Gasteiger partial charge in [-0.05, 0) is 51.0 Å². The quantitative estimate of drug-likeness (QED) is 0.885. The Balaban J connectivity index is 1.76. The van der Waals surface area contributed by atoms with Crippen LogP contribution in [0.1, 0.15) is 37.2 Å². The minimum Gasteiger partial charge on any atom is -0.491 e. The maximum atomic E-state index is 12.6. The molecule has 1 amide bonds. The Morgan fingerprint density at radius 2 is 2.04 bits per heavy atom. The van der Waals surface area contributed by atoms with Gasteiger partial charge < -0.3 is 14.7 Å². The van der Waals surface area contributed by atoms with Crippen LogP contribution < -0.4 is 4.74 Å². The van der Waals surface area contributed by atoms with Gasteiger partial charge in [-0.25, -0.2) is 9.78 Å². The zero-order chi connectivity index (χ0) is 18.0. The second-order valence-electron chi connectivity index (χ2n) is 6.22. The standard InChI is InChI=1S/C18H20N2O4S/c1-11(2)24-13-7-5-12(6-8-13)16-19-14(10-25-16)17(21)20-9-3-4-15(20)18(22)23/h5-8,10-11,15H,3-4,9H2,1-2H3,(H,22,23)/t15-/m1/s1. The van der Waals surface area contributed by atoms with Gasteiger partial charge in [-0.1, -0.05) is 0 Å². The number of carboxylic acids is 1. The van der Waals surface area contributed by atoms with Crippen LogP contribution in [-0.4, -0.2) is 45.6 Å². The van der Waals surface area contributed by atoms with Crippen molar-refractivity contribution in [3.63, 3.8) is 0 Å². The van der Waals surface area contributed by atoms with Crippen molar-refractivity contribution in [2.45, 2.75) is 38.8 Å². The number of thiazole rings is 1. The maximum Gasteiger partial charge on any atom is 0.326 e. The number of carboxylic acid groups (broad SMARTS) is 1. The number of hydrogen-bond donors (Lipinski definition) is 1. The van der Waals surface area contributed by atoms with Crippen molar-refractivity contribution in [1.29, 1.82) is 0 Å². The van der Waals surface area contributed by atoms with Gasteiger partial charge in [-0.15, -0.1) is 11.3 Å². The van der Waals surface area contributed by atoms with Crippen LogP contribution in [0.4, 0.5) is 0 Å². The number of nitrogens with zero attached hydrogens (tertiary/aromatic N) is 2. The highest BCUT2D eigenvalue weighted by Crippen LogP contribution is 2.28. The van der Waals surface area contributed by atoms with Gasteiger partial charge >= 0.3 is 5.97 Å². The average molecular weight is 360 g/mol. The summed E-state index contributed by atoms with van der Waals surface area (Å²) in [6.45, 7) is 4.40.